The first-order valence-corrected chi connectivity index (χ1v) is 11.1. The average Bonchev–Trinajstić information content (AvgIpc) is 2.79. The molecule has 1 heterocycles. The molecule has 0 unspecified atom stereocenters. The number of nitrogens with one attached hydrogen (secondary N) is 1. The van der Waals surface area contributed by atoms with Crippen LogP contribution in [0.3, 0.4) is 0 Å². The van der Waals surface area contributed by atoms with Crippen molar-refractivity contribution in [2.75, 3.05) is 18.2 Å². The number of hydrogen-bond acceptors (Lipinski definition) is 5. The number of fused-ring (bicyclic) bond motifs is 1. The first kappa shape index (κ1) is 21.6. The minimum absolute atomic E-state index is 0.113. The van der Waals surface area contributed by atoms with E-state index in [4.69, 9.17) is 4.74 Å². The van der Waals surface area contributed by atoms with Crippen molar-refractivity contribution in [1.29, 1.82) is 0 Å². The summed E-state index contributed by atoms with van der Waals surface area (Å²) in [7, 11) is 1.58. The van der Waals surface area contributed by atoms with Crippen LogP contribution in [0.1, 0.15) is 11.1 Å². The normalized spacial score (nSPS) is 10.8. The van der Waals surface area contributed by atoms with Crippen molar-refractivity contribution in [3.63, 3.8) is 0 Å². The number of hydrogen-bond donors (Lipinski definition) is 1. The van der Waals surface area contributed by atoms with Crippen LogP contribution in [0.4, 0.5) is 5.69 Å². The molecule has 0 aliphatic carbocycles. The Hall–Kier alpha value is -3.58. The first-order chi connectivity index (χ1) is 15.5. The maximum absolute atomic E-state index is 13.3. The van der Waals surface area contributed by atoms with Gasteiger partial charge in [-0.3, -0.25) is 14.2 Å². The largest absolute Gasteiger partial charge is 0.497 e. The zero-order valence-electron chi connectivity index (χ0n) is 18.1. The summed E-state index contributed by atoms with van der Waals surface area (Å²) in [5, 5.41) is 3.90. The van der Waals surface area contributed by atoms with Crippen LogP contribution >= 0.6 is 11.8 Å². The zero-order valence-corrected chi connectivity index (χ0v) is 18.9. The molecule has 4 aromatic rings. The van der Waals surface area contributed by atoms with Crippen LogP contribution in [-0.4, -0.2) is 28.3 Å². The fraction of sp³-hybridized carbons (Fsp3) is 0.160. The monoisotopic (exact) mass is 445 g/mol. The van der Waals surface area contributed by atoms with Gasteiger partial charge in [-0.15, -0.1) is 0 Å². The lowest BCUT2D eigenvalue weighted by atomic mass is 10.1. The molecule has 0 atom stereocenters. The highest BCUT2D eigenvalue weighted by Gasteiger charge is 2.15. The summed E-state index contributed by atoms with van der Waals surface area (Å²) < 4.78 is 6.85. The highest BCUT2D eigenvalue weighted by Crippen LogP contribution is 2.24. The highest BCUT2D eigenvalue weighted by molar-refractivity contribution is 7.99. The lowest BCUT2D eigenvalue weighted by molar-refractivity contribution is -0.113. The van der Waals surface area contributed by atoms with Crippen molar-refractivity contribution < 1.29 is 9.53 Å². The van der Waals surface area contributed by atoms with Gasteiger partial charge in [0, 0.05) is 11.8 Å². The van der Waals surface area contributed by atoms with Crippen molar-refractivity contribution in [3.8, 4) is 11.4 Å². The molecule has 7 heteroatoms. The zero-order chi connectivity index (χ0) is 22.7. The number of carbonyl (C=O) groups excluding carboxylic acids is 1. The van der Waals surface area contributed by atoms with E-state index < -0.39 is 0 Å². The van der Waals surface area contributed by atoms with Gasteiger partial charge < -0.3 is 10.1 Å². The van der Waals surface area contributed by atoms with E-state index in [1.54, 1.807) is 25.3 Å². The highest BCUT2D eigenvalue weighted by atomic mass is 32.2. The van der Waals surface area contributed by atoms with E-state index in [0.717, 1.165) is 16.8 Å². The van der Waals surface area contributed by atoms with Crippen LogP contribution < -0.4 is 15.6 Å². The summed E-state index contributed by atoms with van der Waals surface area (Å²) in [5.41, 5.74) is 3.94. The Morgan fingerprint density at radius 1 is 1.06 bits per heavy atom. The van der Waals surface area contributed by atoms with E-state index in [2.05, 4.69) is 10.3 Å². The molecule has 3 aromatic carbocycles. The number of thioether (sulfide) groups is 1. The van der Waals surface area contributed by atoms with Gasteiger partial charge in [0.2, 0.25) is 5.91 Å². The van der Waals surface area contributed by atoms with Gasteiger partial charge in [-0.2, -0.15) is 0 Å². The second-order valence-electron chi connectivity index (χ2n) is 7.41. The number of anilines is 1. The van der Waals surface area contributed by atoms with Gasteiger partial charge in [0.15, 0.2) is 5.16 Å². The summed E-state index contributed by atoms with van der Waals surface area (Å²) >= 11 is 1.22. The smallest absolute Gasteiger partial charge is 0.266 e. The van der Waals surface area contributed by atoms with Gasteiger partial charge in [0.05, 0.1) is 29.5 Å². The third-order valence-corrected chi connectivity index (χ3v) is 5.98. The van der Waals surface area contributed by atoms with Crippen LogP contribution in [0.5, 0.6) is 5.75 Å². The summed E-state index contributed by atoms with van der Waals surface area (Å²) in [6, 6.07) is 20.3. The van der Waals surface area contributed by atoms with Gasteiger partial charge in [-0.05, 0) is 49.7 Å². The van der Waals surface area contributed by atoms with Crippen LogP contribution in [0.2, 0.25) is 0 Å². The van der Waals surface area contributed by atoms with E-state index in [1.165, 1.54) is 16.3 Å². The van der Waals surface area contributed by atoms with Gasteiger partial charge in [0.25, 0.3) is 5.56 Å². The molecule has 32 heavy (non-hydrogen) atoms. The number of aromatic nitrogens is 2. The molecule has 0 saturated carbocycles. The van der Waals surface area contributed by atoms with Crippen LogP contribution in [-0.2, 0) is 4.79 Å². The number of nitrogens with zero attached hydrogens (tertiary/aromatic N) is 2. The topological polar surface area (TPSA) is 73.2 Å². The molecule has 0 radical (unpaired) electrons. The van der Waals surface area contributed by atoms with Crippen molar-refractivity contribution in [2.45, 2.75) is 19.0 Å². The third-order valence-electron chi connectivity index (χ3n) is 5.04. The quantitative estimate of drug-likeness (QED) is 0.343. The Labute approximate surface area is 190 Å². The molecule has 6 nitrogen and oxygen atoms in total. The van der Waals surface area contributed by atoms with Crippen LogP contribution in [0.15, 0.2) is 76.7 Å². The Morgan fingerprint density at radius 3 is 2.66 bits per heavy atom. The number of rotatable bonds is 6. The van der Waals surface area contributed by atoms with E-state index in [9.17, 15) is 9.59 Å². The summed E-state index contributed by atoms with van der Waals surface area (Å²) in [4.78, 5) is 30.7. The lowest BCUT2D eigenvalue weighted by Gasteiger charge is -2.14. The second-order valence-corrected chi connectivity index (χ2v) is 8.35. The van der Waals surface area contributed by atoms with E-state index in [1.807, 2.05) is 62.4 Å². The molecule has 1 amide bonds. The molecule has 0 spiro atoms. The average molecular weight is 446 g/mol. The number of methoxy groups -OCH3 is 1. The maximum Gasteiger partial charge on any atom is 0.266 e. The SMILES string of the molecule is COc1cccc(-n2c(SCC(=O)Nc3ccc(C)cc3C)nc3ccccc3c2=O)c1. The molecule has 0 aliphatic rings. The van der Waals surface area contributed by atoms with Crippen molar-refractivity contribution in [2.24, 2.45) is 0 Å². The number of ether oxygens (including phenoxy) is 1. The minimum Gasteiger partial charge on any atom is -0.497 e. The number of amides is 1. The third kappa shape index (κ3) is 4.53. The van der Waals surface area contributed by atoms with Crippen molar-refractivity contribution in [3.05, 3.63) is 88.2 Å². The lowest BCUT2D eigenvalue weighted by Crippen LogP contribution is -2.23. The van der Waals surface area contributed by atoms with E-state index in [-0.39, 0.29) is 17.2 Å². The molecule has 1 N–H and O–H groups in total. The van der Waals surface area contributed by atoms with E-state index >= 15 is 0 Å². The van der Waals surface area contributed by atoms with Gasteiger partial charge in [0.1, 0.15) is 5.75 Å². The van der Waals surface area contributed by atoms with Gasteiger partial charge in [-0.1, -0.05) is 47.7 Å². The van der Waals surface area contributed by atoms with Crippen LogP contribution in [0.25, 0.3) is 16.6 Å². The Kier molecular flexibility index (Phi) is 6.28. The van der Waals surface area contributed by atoms with Crippen LogP contribution in [0, 0.1) is 13.8 Å². The summed E-state index contributed by atoms with van der Waals surface area (Å²) in [6.45, 7) is 3.97. The minimum atomic E-state index is -0.193. The summed E-state index contributed by atoms with van der Waals surface area (Å²) in [5.74, 6) is 0.579. The van der Waals surface area contributed by atoms with Gasteiger partial charge >= 0.3 is 0 Å². The number of carbonyl (C=O) groups is 1. The first-order valence-electron chi connectivity index (χ1n) is 10.1. The number of para-hydroxylation sites is 1. The molecule has 0 fully saturated rings. The number of benzene rings is 3. The van der Waals surface area contributed by atoms with Crippen molar-refractivity contribution >= 4 is 34.3 Å². The second kappa shape index (κ2) is 9.28. The molecule has 162 valence electrons. The predicted octanol–water partition coefficient (Wildman–Crippen LogP) is 4.74. The number of aryl methyl sites for hydroxylation is 2. The van der Waals surface area contributed by atoms with E-state index in [0.29, 0.717) is 27.5 Å². The Bertz CT molecular complexity index is 1360. The fourth-order valence-corrected chi connectivity index (χ4v) is 4.27. The van der Waals surface area contributed by atoms with Crippen molar-refractivity contribution in [1.82, 2.24) is 9.55 Å². The molecule has 0 saturated heterocycles. The molecular weight excluding hydrogens is 422 g/mol. The maximum atomic E-state index is 13.3. The Balaban J connectivity index is 1.68. The Morgan fingerprint density at radius 2 is 1.88 bits per heavy atom. The van der Waals surface area contributed by atoms with Gasteiger partial charge in [-0.25, -0.2) is 4.98 Å². The molecule has 1 aromatic heterocycles. The molecule has 0 aliphatic heterocycles. The standard InChI is InChI=1S/C25H23N3O3S/c1-16-11-12-21(17(2)13-16)26-23(29)15-32-25-27-22-10-5-4-9-20(22)24(30)28(25)18-7-6-8-19(14-18)31-3/h4-14H,15H2,1-3H3,(H,26,29). The fourth-order valence-electron chi connectivity index (χ4n) is 3.46. The molecule has 4 rings (SSSR count). The molecule has 0 bridgehead atoms. The molecular formula is C25H23N3O3S. The summed E-state index contributed by atoms with van der Waals surface area (Å²) in [6.07, 6.45) is 0. The predicted molar refractivity (Wildman–Crippen MR) is 129 cm³/mol.